The molecule has 0 saturated heterocycles. The van der Waals surface area contributed by atoms with E-state index in [-0.39, 0.29) is 36.2 Å². The van der Waals surface area contributed by atoms with Crippen molar-refractivity contribution >= 4 is 46.3 Å². The zero-order chi connectivity index (χ0) is 27.4. The molecule has 2 aromatic carbocycles. The molecule has 12 nitrogen and oxygen atoms in total. The van der Waals surface area contributed by atoms with Crippen molar-refractivity contribution in [2.45, 2.75) is 6.04 Å². The van der Waals surface area contributed by atoms with Crippen LogP contribution in [0.3, 0.4) is 0 Å². The highest BCUT2D eigenvalue weighted by atomic mass is 32.1. The topological polar surface area (TPSA) is 162 Å². The van der Waals surface area contributed by atoms with Gasteiger partial charge in [0.25, 0.3) is 11.8 Å². The van der Waals surface area contributed by atoms with Gasteiger partial charge >= 0.3 is 0 Å². The van der Waals surface area contributed by atoms with Crippen LogP contribution in [-0.4, -0.2) is 63.2 Å². The minimum absolute atomic E-state index is 0.0312. The molecule has 5 N–H and O–H groups in total. The first kappa shape index (κ1) is 26.7. The van der Waals surface area contributed by atoms with Crippen LogP contribution in [0.1, 0.15) is 31.8 Å². The van der Waals surface area contributed by atoms with E-state index >= 15 is 0 Å². The highest BCUT2D eigenvalue weighted by molar-refractivity contribution is 7.09. The number of nitrogens with two attached hydrogens (primary N) is 2. The second-order valence-electron chi connectivity index (χ2n) is 8.52. The number of rotatable bonds is 10. The van der Waals surface area contributed by atoms with Crippen LogP contribution in [0.15, 0.2) is 42.5 Å². The number of benzene rings is 2. The van der Waals surface area contributed by atoms with Crippen molar-refractivity contribution in [2.75, 3.05) is 56.7 Å². The second kappa shape index (κ2) is 11.4. The normalized spacial score (nSPS) is 12.6. The summed E-state index contributed by atoms with van der Waals surface area (Å²) in [5, 5.41) is 2.82. The summed E-state index contributed by atoms with van der Waals surface area (Å²) in [4.78, 5) is 42.7. The first-order valence-electron chi connectivity index (χ1n) is 11.5. The summed E-state index contributed by atoms with van der Waals surface area (Å²) in [6.45, 7) is 0.530. The molecule has 1 aromatic heterocycles. The number of carbonyl (C=O) groups excluding carboxylic acids is 3. The molecular formula is C25H28N6O6S. The van der Waals surface area contributed by atoms with Gasteiger partial charge in [-0.05, 0) is 41.4 Å². The molecule has 1 aliphatic heterocycles. The highest BCUT2D eigenvalue weighted by Crippen LogP contribution is 2.40. The first-order chi connectivity index (χ1) is 18.2. The number of carbonyl (C=O) groups is 3. The van der Waals surface area contributed by atoms with E-state index in [1.54, 1.807) is 30.3 Å². The molecule has 1 unspecified atom stereocenters. The van der Waals surface area contributed by atoms with Crippen LogP contribution in [0.5, 0.6) is 11.5 Å². The van der Waals surface area contributed by atoms with E-state index < -0.39 is 23.8 Å². The van der Waals surface area contributed by atoms with Gasteiger partial charge in [0.1, 0.15) is 10.9 Å². The molecule has 0 aliphatic carbocycles. The maximum absolute atomic E-state index is 14.1. The quantitative estimate of drug-likeness (QED) is 0.325. The smallest absolute Gasteiger partial charge is 0.273 e. The first-order valence-corrected chi connectivity index (χ1v) is 12.3. The van der Waals surface area contributed by atoms with Crippen molar-refractivity contribution in [1.82, 2.24) is 9.69 Å². The Balaban J connectivity index is 1.86. The Morgan fingerprint density at radius 2 is 1.79 bits per heavy atom. The van der Waals surface area contributed by atoms with Gasteiger partial charge in [-0.3, -0.25) is 19.3 Å². The van der Waals surface area contributed by atoms with Crippen LogP contribution in [0, 0.1) is 0 Å². The Hall–Kier alpha value is -4.36. The standard InChI is InChI=1S/C25H28N6O6S/c1-30(2)15-6-4-14(5-7-15)21(24(33)28-10-11-35-3)31(16-8-9-17-18(12-16)37-13-36-17)25(34)22-19(26)20(23(27)32)29-38-22/h4-9,12,21H,10-11,13,26H2,1-3H3,(H2,27,32)(H,28,33). The molecule has 13 heteroatoms. The third-order valence-electron chi connectivity index (χ3n) is 5.85. The number of methoxy groups -OCH3 is 1. The number of primary amides is 1. The molecule has 3 aromatic rings. The third-order valence-corrected chi connectivity index (χ3v) is 6.70. The summed E-state index contributed by atoms with van der Waals surface area (Å²) in [5.74, 6) is -1.04. The van der Waals surface area contributed by atoms with Gasteiger partial charge in [0.15, 0.2) is 17.2 Å². The van der Waals surface area contributed by atoms with Crippen LogP contribution >= 0.6 is 11.5 Å². The molecule has 3 amide bonds. The van der Waals surface area contributed by atoms with Gasteiger partial charge in [-0.15, -0.1) is 0 Å². The third kappa shape index (κ3) is 5.33. The maximum atomic E-state index is 14.1. The summed E-state index contributed by atoms with van der Waals surface area (Å²) in [7, 11) is 5.32. The fourth-order valence-electron chi connectivity index (χ4n) is 3.90. The molecule has 0 bridgehead atoms. The monoisotopic (exact) mass is 540 g/mol. The number of nitrogens with zero attached hydrogens (tertiary/aromatic N) is 3. The number of hydrogen-bond acceptors (Lipinski definition) is 10. The number of nitrogen functional groups attached to an aromatic ring is 1. The van der Waals surface area contributed by atoms with Gasteiger partial charge in [0, 0.05) is 45.2 Å². The summed E-state index contributed by atoms with van der Waals surface area (Å²) < 4.78 is 20.0. The van der Waals surface area contributed by atoms with E-state index in [9.17, 15) is 14.4 Å². The molecule has 0 fully saturated rings. The molecule has 4 rings (SSSR count). The van der Waals surface area contributed by atoms with Gasteiger partial charge in [-0.2, -0.15) is 4.37 Å². The summed E-state index contributed by atoms with van der Waals surface area (Å²) >= 11 is 0.732. The zero-order valence-electron chi connectivity index (χ0n) is 21.1. The van der Waals surface area contributed by atoms with Crippen molar-refractivity contribution in [3.05, 3.63) is 58.6 Å². The van der Waals surface area contributed by atoms with Crippen molar-refractivity contribution in [2.24, 2.45) is 5.73 Å². The lowest BCUT2D eigenvalue weighted by Crippen LogP contribution is -2.44. The van der Waals surface area contributed by atoms with Gasteiger partial charge in [-0.1, -0.05) is 12.1 Å². The molecule has 2 heterocycles. The molecule has 38 heavy (non-hydrogen) atoms. The van der Waals surface area contributed by atoms with E-state index in [1.165, 1.54) is 12.0 Å². The molecule has 0 spiro atoms. The fourth-order valence-corrected chi connectivity index (χ4v) is 4.64. The Kier molecular flexibility index (Phi) is 7.98. The lowest BCUT2D eigenvalue weighted by molar-refractivity contribution is -0.122. The van der Waals surface area contributed by atoms with E-state index in [1.807, 2.05) is 31.1 Å². The number of aromatic nitrogens is 1. The molecule has 0 saturated carbocycles. The van der Waals surface area contributed by atoms with E-state index in [0.717, 1.165) is 17.2 Å². The number of hydrogen-bond donors (Lipinski definition) is 3. The Morgan fingerprint density at radius 3 is 2.42 bits per heavy atom. The lowest BCUT2D eigenvalue weighted by Gasteiger charge is -2.31. The zero-order valence-corrected chi connectivity index (χ0v) is 21.9. The molecular weight excluding hydrogens is 512 g/mol. The van der Waals surface area contributed by atoms with E-state index in [0.29, 0.717) is 22.7 Å². The number of amides is 3. The summed E-state index contributed by atoms with van der Waals surface area (Å²) in [6, 6.07) is 11.0. The van der Waals surface area contributed by atoms with Crippen LogP contribution in [0.4, 0.5) is 17.1 Å². The maximum Gasteiger partial charge on any atom is 0.273 e. The van der Waals surface area contributed by atoms with Gasteiger partial charge < -0.3 is 35.9 Å². The predicted octanol–water partition coefficient (Wildman–Crippen LogP) is 1.77. The van der Waals surface area contributed by atoms with Gasteiger partial charge in [0.2, 0.25) is 12.7 Å². The van der Waals surface area contributed by atoms with Crippen LogP contribution in [0.25, 0.3) is 0 Å². The molecule has 1 atom stereocenters. The van der Waals surface area contributed by atoms with E-state index in [4.69, 9.17) is 25.7 Å². The minimum Gasteiger partial charge on any atom is -0.454 e. The number of ether oxygens (including phenoxy) is 3. The van der Waals surface area contributed by atoms with Crippen LogP contribution in [0.2, 0.25) is 0 Å². The average molecular weight is 541 g/mol. The van der Waals surface area contributed by atoms with E-state index in [2.05, 4.69) is 9.69 Å². The Bertz CT molecular complexity index is 1340. The molecule has 200 valence electrons. The minimum atomic E-state index is -1.13. The highest BCUT2D eigenvalue weighted by Gasteiger charge is 2.36. The predicted molar refractivity (Wildman–Crippen MR) is 143 cm³/mol. The SMILES string of the molecule is COCCNC(=O)C(c1ccc(N(C)C)cc1)N(C(=O)c1snc(C(N)=O)c1N)c1ccc2c(c1)OCO2. The number of nitrogens with one attached hydrogen (secondary N) is 1. The van der Waals surface area contributed by atoms with Gasteiger partial charge in [0.05, 0.1) is 12.3 Å². The van der Waals surface area contributed by atoms with Crippen molar-refractivity contribution in [3.63, 3.8) is 0 Å². The molecule has 0 radical (unpaired) electrons. The fraction of sp³-hybridized carbons (Fsp3) is 0.280. The van der Waals surface area contributed by atoms with Gasteiger partial charge in [-0.25, -0.2) is 0 Å². The number of anilines is 3. The Morgan fingerprint density at radius 1 is 1.11 bits per heavy atom. The Labute approximate surface area is 223 Å². The largest absolute Gasteiger partial charge is 0.454 e. The van der Waals surface area contributed by atoms with Crippen molar-refractivity contribution < 1.29 is 28.6 Å². The second-order valence-corrected chi connectivity index (χ2v) is 9.30. The number of fused-ring (bicyclic) bond motifs is 1. The van der Waals surface area contributed by atoms with Crippen molar-refractivity contribution in [3.8, 4) is 11.5 Å². The van der Waals surface area contributed by atoms with Crippen molar-refractivity contribution in [1.29, 1.82) is 0 Å². The van der Waals surface area contributed by atoms with Crippen LogP contribution < -0.4 is 36.1 Å². The summed E-state index contributed by atoms with van der Waals surface area (Å²) in [5.41, 5.74) is 12.9. The molecule has 1 aliphatic rings. The van der Waals surface area contributed by atoms with Crippen LogP contribution in [-0.2, 0) is 9.53 Å². The lowest BCUT2D eigenvalue weighted by atomic mass is 10.0. The average Bonchev–Trinajstić information content (AvgIpc) is 3.53. The summed E-state index contributed by atoms with van der Waals surface area (Å²) in [6.07, 6.45) is 0.